The number of oxime groups is 1. The maximum absolute atomic E-state index is 10.8. The molecule has 0 aliphatic heterocycles. The van der Waals surface area contributed by atoms with E-state index in [0.29, 0.717) is 0 Å². The number of hydrogen-bond donors (Lipinski definition) is 0. The molecular formula is C6H13NO3Si. The van der Waals surface area contributed by atoms with E-state index in [-0.39, 0.29) is 0 Å². The first-order valence-corrected chi connectivity index (χ1v) is 6.66. The quantitative estimate of drug-likeness (QED) is 0.365. The first-order chi connectivity index (χ1) is 4.95. The predicted molar refractivity (Wildman–Crippen MR) is 44.9 cm³/mol. The third kappa shape index (κ3) is 7.05. The molecular weight excluding hydrogens is 162 g/mol. The van der Waals surface area contributed by atoms with E-state index in [4.69, 9.17) is 4.43 Å². The zero-order chi connectivity index (χ0) is 8.91. The Kier molecular flexibility index (Phi) is 3.81. The van der Waals surface area contributed by atoms with Crippen LogP contribution in [0.25, 0.3) is 0 Å². The summed E-state index contributed by atoms with van der Waals surface area (Å²) in [6, 6.07) is 0. The molecule has 5 heteroatoms. The number of nitrogens with zero attached hydrogens (tertiary/aromatic N) is 1. The Labute approximate surface area is 67.3 Å². The van der Waals surface area contributed by atoms with Gasteiger partial charge in [0.15, 0.2) is 0 Å². The van der Waals surface area contributed by atoms with Crippen molar-refractivity contribution in [2.75, 3.05) is 7.11 Å². The van der Waals surface area contributed by atoms with Crippen molar-refractivity contribution < 1.29 is 14.1 Å². The SMILES string of the molecule is CO/N=C\C(=O)O[Si](C)(C)C. The van der Waals surface area contributed by atoms with Crippen molar-refractivity contribution in [3.05, 3.63) is 0 Å². The molecule has 0 aromatic heterocycles. The second-order valence-corrected chi connectivity index (χ2v) is 7.38. The molecule has 0 bridgehead atoms. The summed E-state index contributed by atoms with van der Waals surface area (Å²) >= 11 is 0. The van der Waals surface area contributed by atoms with Gasteiger partial charge >= 0.3 is 5.97 Å². The molecule has 0 saturated carbocycles. The van der Waals surface area contributed by atoms with E-state index in [2.05, 4.69) is 9.99 Å². The molecule has 0 spiro atoms. The Balaban J connectivity index is 3.80. The van der Waals surface area contributed by atoms with Gasteiger partial charge in [-0.05, 0) is 19.6 Å². The molecule has 0 N–H and O–H groups in total. The van der Waals surface area contributed by atoms with Crippen LogP contribution in [0.15, 0.2) is 5.16 Å². The molecule has 0 saturated heterocycles. The van der Waals surface area contributed by atoms with E-state index >= 15 is 0 Å². The lowest BCUT2D eigenvalue weighted by Crippen LogP contribution is -2.29. The van der Waals surface area contributed by atoms with Crippen LogP contribution in [0.5, 0.6) is 0 Å². The summed E-state index contributed by atoms with van der Waals surface area (Å²) in [4.78, 5) is 15.1. The largest absolute Gasteiger partial charge is 0.516 e. The number of rotatable bonds is 3. The predicted octanol–water partition coefficient (Wildman–Crippen LogP) is 0.997. The molecule has 0 heterocycles. The monoisotopic (exact) mass is 175 g/mol. The zero-order valence-corrected chi connectivity index (χ0v) is 8.25. The summed E-state index contributed by atoms with van der Waals surface area (Å²) in [5.41, 5.74) is 0. The average molecular weight is 175 g/mol. The highest BCUT2D eigenvalue weighted by Crippen LogP contribution is 2.01. The van der Waals surface area contributed by atoms with E-state index in [1.807, 2.05) is 19.6 Å². The summed E-state index contributed by atoms with van der Waals surface area (Å²) < 4.78 is 5.01. The fourth-order valence-electron chi connectivity index (χ4n) is 0.424. The van der Waals surface area contributed by atoms with Gasteiger partial charge in [0.1, 0.15) is 13.3 Å². The summed E-state index contributed by atoms with van der Waals surface area (Å²) in [6.45, 7) is 5.77. The van der Waals surface area contributed by atoms with Gasteiger partial charge in [0.25, 0.3) is 0 Å². The van der Waals surface area contributed by atoms with Gasteiger partial charge in [0.05, 0.1) is 0 Å². The van der Waals surface area contributed by atoms with Crippen molar-refractivity contribution in [2.45, 2.75) is 19.6 Å². The van der Waals surface area contributed by atoms with Crippen LogP contribution in [-0.2, 0) is 14.1 Å². The van der Waals surface area contributed by atoms with Gasteiger partial charge in [-0.2, -0.15) is 0 Å². The third-order valence-corrected chi connectivity index (χ3v) is 1.48. The Morgan fingerprint density at radius 3 is 2.36 bits per heavy atom. The van der Waals surface area contributed by atoms with Crippen molar-refractivity contribution in [3.8, 4) is 0 Å². The van der Waals surface area contributed by atoms with Crippen LogP contribution in [0.1, 0.15) is 0 Å². The van der Waals surface area contributed by atoms with Gasteiger partial charge in [-0.15, -0.1) is 0 Å². The van der Waals surface area contributed by atoms with Crippen LogP contribution in [0.4, 0.5) is 0 Å². The maximum atomic E-state index is 10.8. The average Bonchev–Trinajstić information content (AvgIpc) is 1.79. The molecule has 0 atom stereocenters. The minimum Gasteiger partial charge on any atom is -0.516 e. The Morgan fingerprint density at radius 1 is 1.45 bits per heavy atom. The summed E-state index contributed by atoms with van der Waals surface area (Å²) in [5, 5.41) is 3.28. The molecule has 0 rings (SSSR count). The summed E-state index contributed by atoms with van der Waals surface area (Å²) in [7, 11) is -0.393. The Bertz CT molecular complexity index is 162. The highest BCUT2D eigenvalue weighted by atomic mass is 28.4. The van der Waals surface area contributed by atoms with Gasteiger partial charge in [0.2, 0.25) is 8.32 Å². The Hall–Kier alpha value is -0.843. The molecule has 0 amide bonds. The van der Waals surface area contributed by atoms with Crippen molar-refractivity contribution in [3.63, 3.8) is 0 Å². The van der Waals surface area contributed by atoms with Gasteiger partial charge in [-0.25, -0.2) is 4.79 Å². The lowest BCUT2D eigenvalue weighted by molar-refractivity contribution is -0.127. The molecule has 0 aromatic rings. The number of carbonyl (C=O) groups excluding carboxylic acids is 1. The smallest absolute Gasteiger partial charge is 0.339 e. The molecule has 0 aliphatic carbocycles. The third-order valence-electron chi connectivity index (χ3n) is 0.670. The fraction of sp³-hybridized carbons (Fsp3) is 0.667. The van der Waals surface area contributed by atoms with E-state index in [1.165, 1.54) is 7.11 Å². The van der Waals surface area contributed by atoms with Crippen LogP contribution in [-0.4, -0.2) is 27.6 Å². The van der Waals surface area contributed by atoms with Crippen molar-refractivity contribution >= 4 is 20.5 Å². The van der Waals surface area contributed by atoms with E-state index < -0.39 is 14.3 Å². The lowest BCUT2D eigenvalue weighted by atomic mass is 10.8. The lowest BCUT2D eigenvalue weighted by Gasteiger charge is -2.14. The second kappa shape index (κ2) is 4.12. The van der Waals surface area contributed by atoms with E-state index in [0.717, 1.165) is 6.21 Å². The molecule has 11 heavy (non-hydrogen) atoms. The molecule has 0 aliphatic rings. The molecule has 4 nitrogen and oxygen atoms in total. The standard InChI is InChI=1S/C6H13NO3Si/c1-9-7-5-6(8)10-11(2,3)4/h5H,1-4H3/b7-5-. The van der Waals surface area contributed by atoms with E-state index in [9.17, 15) is 4.79 Å². The summed E-state index contributed by atoms with van der Waals surface area (Å²) in [5.74, 6) is -0.439. The van der Waals surface area contributed by atoms with Crippen molar-refractivity contribution in [1.29, 1.82) is 0 Å². The van der Waals surface area contributed by atoms with E-state index in [1.54, 1.807) is 0 Å². The molecule has 0 radical (unpaired) electrons. The highest BCUT2D eigenvalue weighted by molar-refractivity contribution is 6.72. The highest BCUT2D eigenvalue weighted by Gasteiger charge is 2.18. The normalized spacial score (nSPS) is 11.6. The second-order valence-electron chi connectivity index (χ2n) is 2.95. The minimum atomic E-state index is -1.77. The summed E-state index contributed by atoms with van der Waals surface area (Å²) in [6.07, 6.45) is 1.03. The zero-order valence-electron chi connectivity index (χ0n) is 7.25. The number of hydrogen-bond acceptors (Lipinski definition) is 4. The minimum absolute atomic E-state index is 0.439. The Morgan fingerprint density at radius 2 is 2.00 bits per heavy atom. The van der Waals surface area contributed by atoms with Crippen LogP contribution in [0.3, 0.4) is 0 Å². The van der Waals surface area contributed by atoms with Gasteiger partial charge in [0, 0.05) is 0 Å². The fourth-order valence-corrected chi connectivity index (χ4v) is 1.08. The van der Waals surface area contributed by atoms with Gasteiger partial charge in [-0.1, -0.05) is 5.16 Å². The topological polar surface area (TPSA) is 47.9 Å². The van der Waals surface area contributed by atoms with Crippen LogP contribution >= 0.6 is 0 Å². The molecule has 0 unspecified atom stereocenters. The van der Waals surface area contributed by atoms with Crippen molar-refractivity contribution in [2.24, 2.45) is 5.16 Å². The molecule has 64 valence electrons. The van der Waals surface area contributed by atoms with Crippen LogP contribution < -0.4 is 0 Å². The number of carbonyl (C=O) groups is 1. The van der Waals surface area contributed by atoms with Crippen molar-refractivity contribution in [1.82, 2.24) is 0 Å². The van der Waals surface area contributed by atoms with Gasteiger partial charge in [-0.3, -0.25) is 0 Å². The first kappa shape index (κ1) is 10.2. The molecule has 0 fully saturated rings. The molecule has 0 aromatic carbocycles. The first-order valence-electron chi connectivity index (χ1n) is 3.25. The maximum Gasteiger partial charge on any atom is 0.339 e. The van der Waals surface area contributed by atoms with Crippen LogP contribution in [0, 0.1) is 0 Å². The van der Waals surface area contributed by atoms with Gasteiger partial charge < -0.3 is 9.26 Å². The van der Waals surface area contributed by atoms with Crippen LogP contribution in [0.2, 0.25) is 19.6 Å².